The molecule has 1 aliphatic rings. The second-order valence-electron chi connectivity index (χ2n) is 4.20. The predicted octanol–water partition coefficient (Wildman–Crippen LogP) is -0.192. The summed E-state index contributed by atoms with van der Waals surface area (Å²) in [6.07, 6.45) is 3.35. The normalized spacial score (nSPS) is 20.4. The van der Waals surface area contributed by atoms with Crippen molar-refractivity contribution in [3.63, 3.8) is 0 Å². The number of β-amino-alcohol motifs (C(OH)–C–C–N with tert-alkyl or cyclic N) is 1. The molecular weight excluding hydrogens is 218 g/mol. The maximum atomic E-state index is 9.63. The van der Waals surface area contributed by atoms with E-state index in [2.05, 4.69) is 20.2 Å². The lowest BCUT2D eigenvalue weighted by molar-refractivity contribution is 0.154. The number of piperidine rings is 1. The number of hydrogen-bond acceptors (Lipinski definition) is 6. The third-order valence-electron chi connectivity index (χ3n) is 2.79. The van der Waals surface area contributed by atoms with Crippen LogP contribution in [0.25, 0.3) is 0 Å². The van der Waals surface area contributed by atoms with Crippen LogP contribution in [0.15, 0.2) is 12.3 Å². The smallest absolute Gasteiger partial charge is 0.224 e. The summed E-state index contributed by atoms with van der Waals surface area (Å²) < 4.78 is 0. The Morgan fingerprint density at radius 2 is 2.47 bits per heavy atom. The van der Waals surface area contributed by atoms with Gasteiger partial charge in [0.25, 0.3) is 0 Å². The molecule has 1 aromatic heterocycles. The Morgan fingerprint density at radius 1 is 1.59 bits per heavy atom. The van der Waals surface area contributed by atoms with E-state index in [9.17, 15) is 5.11 Å². The average Bonchev–Trinajstić information content (AvgIpc) is 2.37. The molecule has 2 heterocycles. The molecule has 4 N–H and O–H groups in total. The second-order valence-corrected chi connectivity index (χ2v) is 4.20. The van der Waals surface area contributed by atoms with E-state index in [0.717, 1.165) is 25.2 Å². The van der Waals surface area contributed by atoms with Gasteiger partial charge in [-0.1, -0.05) is 0 Å². The molecule has 0 radical (unpaired) electrons. The molecule has 0 aliphatic carbocycles. The number of nitrogens with one attached hydrogen (secondary N) is 1. The van der Waals surface area contributed by atoms with E-state index in [-0.39, 0.29) is 6.10 Å². The van der Waals surface area contributed by atoms with Crippen molar-refractivity contribution in [1.82, 2.24) is 9.97 Å². The molecule has 0 spiro atoms. The fraction of sp³-hybridized carbons (Fsp3) is 0.636. The highest BCUT2D eigenvalue weighted by Crippen LogP contribution is 2.18. The first-order valence-corrected chi connectivity index (χ1v) is 5.99. The number of hydrogen-bond donors (Lipinski definition) is 3. The minimum atomic E-state index is -0.251. The highest BCUT2D eigenvalue weighted by Gasteiger charge is 2.18. The molecule has 17 heavy (non-hydrogen) atoms. The van der Waals surface area contributed by atoms with E-state index in [1.807, 2.05) is 6.07 Å². The Bertz CT molecular complexity index is 359. The first-order chi connectivity index (χ1) is 8.29. The van der Waals surface area contributed by atoms with Gasteiger partial charge in [-0.15, -0.1) is 0 Å². The summed E-state index contributed by atoms with van der Waals surface area (Å²) >= 11 is 0. The van der Waals surface area contributed by atoms with E-state index >= 15 is 0 Å². The quantitative estimate of drug-likeness (QED) is 0.672. The van der Waals surface area contributed by atoms with Gasteiger partial charge in [-0.25, -0.2) is 4.98 Å². The summed E-state index contributed by atoms with van der Waals surface area (Å²) in [5, 5.41) is 12.7. The number of nitrogens with two attached hydrogens (primary N) is 1. The number of rotatable bonds is 4. The Morgan fingerprint density at radius 3 is 3.24 bits per heavy atom. The molecule has 0 aromatic carbocycles. The molecule has 6 heteroatoms. The molecular formula is C11H19N5O. The van der Waals surface area contributed by atoms with Gasteiger partial charge in [-0.05, 0) is 18.9 Å². The van der Waals surface area contributed by atoms with Crippen LogP contribution in [0, 0.1) is 0 Å². The molecule has 1 fully saturated rings. The van der Waals surface area contributed by atoms with Gasteiger partial charge in [0.1, 0.15) is 5.82 Å². The summed E-state index contributed by atoms with van der Waals surface area (Å²) in [4.78, 5) is 10.6. The van der Waals surface area contributed by atoms with E-state index in [0.29, 0.717) is 25.6 Å². The summed E-state index contributed by atoms with van der Waals surface area (Å²) in [6.45, 7) is 2.79. The average molecular weight is 237 g/mol. The fourth-order valence-electron chi connectivity index (χ4n) is 1.96. The van der Waals surface area contributed by atoms with Crippen molar-refractivity contribution >= 4 is 11.8 Å². The zero-order chi connectivity index (χ0) is 12.1. The van der Waals surface area contributed by atoms with Crippen LogP contribution in [0.3, 0.4) is 0 Å². The minimum absolute atomic E-state index is 0.251. The maximum Gasteiger partial charge on any atom is 0.224 e. The Hall–Kier alpha value is -1.40. The van der Waals surface area contributed by atoms with Crippen molar-refractivity contribution in [2.45, 2.75) is 18.9 Å². The number of aliphatic hydroxyl groups excluding tert-OH is 1. The molecule has 0 saturated carbocycles. The van der Waals surface area contributed by atoms with E-state index < -0.39 is 0 Å². The Balaban J connectivity index is 2.04. The molecule has 0 bridgehead atoms. The van der Waals surface area contributed by atoms with Gasteiger partial charge in [0.2, 0.25) is 5.95 Å². The van der Waals surface area contributed by atoms with Crippen LogP contribution in [-0.2, 0) is 0 Å². The molecule has 6 nitrogen and oxygen atoms in total. The lowest BCUT2D eigenvalue weighted by atomic mass is 10.1. The first-order valence-electron chi connectivity index (χ1n) is 5.99. The van der Waals surface area contributed by atoms with Gasteiger partial charge in [-0.2, -0.15) is 4.98 Å². The molecule has 1 atom stereocenters. The molecule has 1 unspecified atom stereocenters. The topological polar surface area (TPSA) is 87.3 Å². The standard InChI is InChI=1S/C11H19N5O/c12-4-6-14-11-13-5-3-10(15-11)16-7-1-2-9(17)8-16/h3,5,9,17H,1-2,4,6-8,12H2,(H,13,14,15). The Kier molecular flexibility index (Phi) is 4.11. The molecule has 1 aromatic rings. The van der Waals surface area contributed by atoms with Crippen molar-refractivity contribution in [3.8, 4) is 0 Å². The first kappa shape index (κ1) is 12.1. The van der Waals surface area contributed by atoms with Crippen molar-refractivity contribution in [2.75, 3.05) is 36.4 Å². The maximum absolute atomic E-state index is 9.63. The lowest BCUT2D eigenvalue weighted by Crippen LogP contribution is -2.38. The van der Waals surface area contributed by atoms with Gasteiger partial charge >= 0.3 is 0 Å². The van der Waals surface area contributed by atoms with Crippen LogP contribution in [-0.4, -0.2) is 47.4 Å². The van der Waals surface area contributed by atoms with Gasteiger partial charge in [0, 0.05) is 32.4 Å². The van der Waals surface area contributed by atoms with Crippen molar-refractivity contribution in [2.24, 2.45) is 5.73 Å². The summed E-state index contributed by atoms with van der Waals surface area (Å²) in [7, 11) is 0. The highest BCUT2D eigenvalue weighted by molar-refractivity contribution is 5.43. The summed E-state index contributed by atoms with van der Waals surface area (Å²) in [5.41, 5.74) is 5.41. The zero-order valence-electron chi connectivity index (χ0n) is 9.84. The summed E-state index contributed by atoms with van der Waals surface area (Å²) in [5.74, 6) is 1.45. The third-order valence-corrected chi connectivity index (χ3v) is 2.79. The number of nitrogens with zero attached hydrogens (tertiary/aromatic N) is 3. The van der Waals surface area contributed by atoms with Crippen LogP contribution >= 0.6 is 0 Å². The predicted molar refractivity (Wildman–Crippen MR) is 67.0 cm³/mol. The summed E-state index contributed by atoms with van der Waals surface area (Å²) in [6, 6.07) is 1.87. The minimum Gasteiger partial charge on any atom is -0.391 e. The van der Waals surface area contributed by atoms with Crippen molar-refractivity contribution in [3.05, 3.63) is 12.3 Å². The molecule has 94 valence electrons. The Labute approximate surface area is 101 Å². The van der Waals surface area contributed by atoms with Crippen LogP contribution in [0.4, 0.5) is 11.8 Å². The molecule has 1 aliphatic heterocycles. The SMILES string of the molecule is NCCNc1nccc(N2CCCC(O)C2)n1. The zero-order valence-corrected chi connectivity index (χ0v) is 9.84. The number of aromatic nitrogens is 2. The third kappa shape index (κ3) is 3.28. The van der Waals surface area contributed by atoms with Crippen LogP contribution in [0.2, 0.25) is 0 Å². The van der Waals surface area contributed by atoms with Gasteiger partial charge in [-0.3, -0.25) is 0 Å². The van der Waals surface area contributed by atoms with Gasteiger partial charge in [0.05, 0.1) is 6.10 Å². The van der Waals surface area contributed by atoms with E-state index in [4.69, 9.17) is 5.73 Å². The van der Waals surface area contributed by atoms with Gasteiger partial charge in [0.15, 0.2) is 0 Å². The largest absolute Gasteiger partial charge is 0.391 e. The van der Waals surface area contributed by atoms with E-state index in [1.54, 1.807) is 6.20 Å². The van der Waals surface area contributed by atoms with Crippen LogP contribution in [0.5, 0.6) is 0 Å². The van der Waals surface area contributed by atoms with Crippen molar-refractivity contribution < 1.29 is 5.11 Å². The molecule has 2 rings (SSSR count). The molecule has 0 amide bonds. The second kappa shape index (κ2) is 5.79. The molecule has 1 saturated heterocycles. The lowest BCUT2D eigenvalue weighted by Gasteiger charge is -2.31. The van der Waals surface area contributed by atoms with Crippen LogP contribution in [0.1, 0.15) is 12.8 Å². The number of anilines is 2. The van der Waals surface area contributed by atoms with E-state index in [1.165, 1.54) is 0 Å². The van der Waals surface area contributed by atoms with Crippen LogP contribution < -0.4 is 16.0 Å². The monoisotopic (exact) mass is 237 g/mol. The highest BCUT2D eigenvalue weighted by atomic mass is 16.3. The fourth-order valence-corrected chi connectivity index (χ4v) is 1.96. The van der Waals surface area contributed by atoms with Gasteiger partial charge < -0.3 is 21.1 Å². The van der Waals surface area contributed by atoms with Crippen molar-refractivity contribution in [1.29, 1.82) is 0 Å². The number of aliphatic hydroxyl groups is 1.